The summed E-state index contributed by atoms with van der Waals surface area (Å²) < 4.78 is 10.4. The first kappa shape index (κ1) is 11.6. The SMILES string of the molecule is CCC(=O)OC(C)c1ccccc1OC. The van der Waals surface area contributed by atoms with E-state index in [1.165, 1.54) is 0 Å². The van der Waals surface area contributed by atoms with E-state index in [1.54, 1.807) is 14.0 Å². The van der Waals surface area contributed by atoms with Gasteiger partial charge in [-0.2, -0.15) is 0 Å². The quantitative estimate of drug-likeness (QED) is 0.714. The monoisotopic (exact) mass is 208 g/mol. The third-order valence-electron chi connectivity index (χ3n) is 2.17. The molecule has 0 heterocycles. The number of esters is 1. The lowest BCUT2D eigenvalue weighted by molar-refractivity contribution is -0.148. The largest absolute Gasteiger partial charge is 0.496 e. The second-order valence-corrected chi connectivity index (χ2v) is 3.23. The number of carbonyl (C=O) groups is 1. The summed E-state index contributed by atoms with van der Waals surface area (Å²) >= 11 is 0. The standard InChI is InChI=1S/C12H16O3/c1-4-12(13)15-9(2)10-7-5-6-8-11(10)14-3/h5-9H,4H2,1-3H3. The van der Waals surface area contributed by atoms with Crippen molar-refractivity contribution in [2.45, 2.75) is 26.4 Å². The van der Waals surface area contributed by atoms with Crippen LogP contribution < -0.4 is 4.74 Å². The van der Waals surface area contributed by atoms with Gasteiger partial charge >= 0.3 is 5.97 Å². The summed E-state index contributed by atoms with van der Waals surface area (Å²) in [5.41, 5.74) is 0.891. The molecule has 15 heavy (non-hydrogen) atoms. The third-order valence-corrected chi connectivity index (χ3v) is 2.17. The van der Waals surface area contributed by atoms with Crippen LogP contribution in [0, 0.1) is 0 Å². The van der Waals surface area contributed by atoms with Gasteiger partial charge in [-0.15, -0.1) is 0 Å². The Bertz CT molecular complexity index is 333. The van der Waals surface area contributed by atoms with Gasteiger partial charge in [0.1, 0.15) is 11.9 Å². The fourth-order valence-corrected chi connectivity index (χ4v) is 1.35. The van der Waals surface area contributed by atoms with Crippen LogP contribution in [0.2, 0.25) is 0 Å². The number of para-hydroxylation sites is 1. The minimum atomic E-state index is -0.270. The van der Waals surface area contributed by atoms with Gasteiger partial charge in [0.15, 0.2) is 0 Å². The van der Waals surface area contributed by atoms with Gasteiger partial charge < -0.3 is 9.47 Å². The molecule has 0 saturated carbocycles. The molecule has 0 spiro atoms. The maximum Gasteiger partial charge on any atom is 0.306 e. The highest BCUT2D eigenvalue weighted by Gasteiger charge is 2.13. The molecule has 0 radical (unpaired) electrons. The molecule has 1 aromatic carbocycles. The summed E-state index contributed by atoms with van der Waals surface area (Å²) in [6, 6.07) is 7.53. The normalized spacial score (nSPS) is 11.9. The average molecular weight is 208 g/mol. The van der Waals surface area contributed by atoms with Crippen LogP contribution >= 0.6 is 0 Å². The van der Waals surface area contributed by atoms with Crippen LogP contribution in [0.1, 0.15) is 31.9 Å². The molecule has 82 valence electrons. The van der Waals surface area contributed by atoms with Crippen molar-refractivity contribution in [3.8, 4) is 5.75 Å². The van der Waals surface area contributed by atoms with Crippen LogP contribution in [0.4, 0.5) is 0 Å². The number of carbonyl (C=O) groups excluding carboxylic acids is 1. The molecule has 3 heteroatoms. The Balaban J connectivity index is 2.80. The Kier molecular flexibility index (Phi) is 4.16. The second-order valence-electron chi connectivity index (χ2n) is 3.23. The molecule has 0 N–H and O–H groups in total. The van der Waals surface area contributed by atoms with Crippen molar-refractivity contribution in [2.75, 3.05) is 7.11 Å². The smallest absolute Gasteiger partial charge is 0.306 e. The zero-order valence-electron chi connectivity index (χ0n) is 9.32. The number of rotatable bonds is 4. The van der Waals surface area contributed by atoms with Crippen molar-refractivity contribution in [3.63, 3.8) is 0 Å². The maximum absolute atomic E-state index is 11.1. The van der Waals surface area contributed by atoms with Crippen molar-refractivity contribution in [1.29, 1.82) is 0 Å². The van der Waals surface area contributed by atoms with Crippen molar-refractivity contribution < 1.29 is 14.3 Å². The molecule has 1 unspecified atom stereocenters. The van der Waals surface area contributed by atoms with Crippen molar-refractivity contribution in [2.24, 2.45) is 0 Å². The molecule has 0 fully saturated rings. The van der Waals surface area contributed by atoms with Crippen LogP contribution in [-0.2, 0) is 9.53 Å². The van der Waals surface area contributed by atoms with Crippen LogP contribution in [-0.4, -0.2) is 13.1 Å². The Morgan fingerprint density at radius 1 is 1.40 bits per heavy atom. The van der Waals surface area contributed by atoms with E-state index >= 15 is 0 Å². The fraction of sp³-hybridized carbons (Fsp3) is 0.417. The maximum atomic E-state index is 11.1. The molecule has 0 aromatic heterocycles. The zero-order chi connectivity index (χ0) is 11.3. The van der Waals surface area contributed by atoms with Crippen molar-refractivity contribution in [3.05, 3.63) is 29.8 Å². The van der Waals surface area contributed by atoms with Gasteiger partial charge in [-0.1, -0.05) is 25.1 Å². The van der Waals surface area contributed by atoms with Crippen molar-refractivity contribution in [1.82, 2.24) is 0 Å². The Labute approximate surface area is 90.0 Å². The topological polar surface area (TPSA) is 35.5 Å². The molecule has 0 aliphatic rings. The van der Waals surface area contributed by atoms with Gasteiger partial charge in [-0.05, 0) is 13.0 Å². The lowest BCUT2D eigenvalue weighted by atomic mass is 10.1. The zero-order valence-corrected chi connectivity index (χ0v) is 9.32. The van der Waals surface area contributed by atoms with E-state index in [0.717, 1.165) is 11.3 Å². The van der Waals surface area contributed by atoms with E-state index in [4.69, 9.17) is 9.47 Å². The summed E-state index contributed by atoms with van der Waals surface area (Å²) in [7, 11) is 1.60. The van der Waals surface area contributed by atoms with E-state index in [-0.39, 0.29) is 12.1 Å². The summed E-state index contributed by atoms with van der Waals surface area (Å²) in [6.45, 7) is 3.61. The highest BCUT2D eigenvalue weighted by atomic mass is 16.5. The number of hydrogen-bond acceptors (Lipinski definition) is 3. The van der Waals surface area contributed by atoms with Gasteiger partial charge in [0, 0.05) is 12.0 Å². The first-order valence-electron chi connectivity index (χ1n) is 5.01. The molecule has 0 aliphatic heterocycles. The van der Waals surface area contributed by atoms with Crippen LogP contribution in [0.25, 0.3) is 0 Å². The fourth-order valence-electron chi connectivity index (χ4n) is 1.35. The van der Waals surface area contributed by atoms with Crippen LogP contribution in [0.5, 0.6) is 5.75 Å². The van der Waals surface area contributed by atoms with Crippen molar-refractivity contribution >= 4 is 5.97 Å². The molecule has 0 aliphatic carbocycles. The summed E-state index contributed by atoms with van der Waals surface area (Å²) in [5.74, 6) is 0.544. The lowest BCUT2D eigenvalue weighted by Gasteiger charge is -2.15. The average Bonchev–Trinajstić information content (AvgIpc) is 2.28. The van der Waals surface area contributed by atoms with E-state index in [2.05, 4.69) is 0 Å². The molecule has 1 aromatic rings. The van der Waals surface area contributed by atoms with E-state index < -0.39 is 0 Å². The highest BCUT2D eigenvalue weighted by molar-refractivity contribution is 5.69. The van der Waals surface area contributed by atoms with Gasteiger partial charge in [0.2, 0.25) is 0 Å². The summed E-state index contributed by atoms with van der Waals surface area (Å²) in [5, 5.41) is 0. The van der Waals surface area contributed by atoms with Gasteiger partial charge in [0.05, 0.1) is 7.11 Å². The molecule has 3 nitrogen and oxygen atoms in total. The predicted octanol–water partition coefficient (Wildman–Crippen LogP) is 2.71. The molecule has 0 saturated heterocycles. The van der Waals surface area contributed by atoms with Gasteiger partial charge in [-0.25, -0.2) is 0 Å². The first-order chi connectivity index (χ1) is 7.19. The summed E-state index contributed by atoms with van der Waals surface area (Å²) in [4.78, 5) is 11.1. The number of hydrogen-bond donors (Lipinski definition) is 0. The molecule has 1 rings (SSSR count). The number of benzene rings is 1. The van der Waals surface area contributed by atoms with E-state index in [9.17, 15) is 4.79 Å². The molecule has 0 amide bonds. The van der Waals surface area contributed by atoms with Gasteiger partial charge in [-0.3, -0.25) is 4.79 Å². The molecule has 1 atom stereocenters. The van der Waals surface area contributed by atoms with Crippen LogP contribution in [0.15, 0.2) is 24.3 Å². The predicted molar refractivity (Wildman–Crippen MR) is 57.8 cm³/mol. The number of ether oxygens (including phenoxy) is 2. The Morgan fingerprint density at radius 3 is 2.67 bits per heavy atom. The molecular weight excluding hydrogens is 192 g/mol. The lowest BCUT2D eigenvalue weighted by Crippen LogP contribution is -2.08. The molecule has 0 bridgehead atoms. The highest BCUT2D eigenvalue weighted by Crippen LogP contribution is 2.26. The number of methoxy groups -OCH3 is 1. The first-order valence-corrected chi connectivity index (χ1v) is 5.01. The van der Waals surface area contributed by atoms with Crippen LogP contribution in [0.3, 0.4) is 0 Å². The molecular formula is C12H16O3. The Morgan fingerprint density at radius 2 is 2.07 bits per heavy atom. The Hall–Kier alpha value is -1.51. The minimum Gasteiger partial charge on any atom is -0.496 e. The third kappa shape index (κ3) is 2.98. The minimum absolute atomic E-state index is 0.201. The van der Waals surface area contributed by atoms with Gasteiger partial charge in [0.25, 0.3) is 0 Å². The van der Waals surface area contributed by atoms with E-state index in [0.29, 0.717) is 6.42 Å². The second kappa shape index (κ2) is 5.39. The van der Waals surface area contributed by atoms with E-state index in [1.807, 2.05) is 31.2 Å². The summed E-state index contributed by atoms with van der Waals surface area (Å²) in [6.07, 6.45) is 0.119.